The molecule has 5 nitrogen and oxygen atoms in total. The molecule has 3 rings (SSSR count). The maximum atomic E-state index is 6.05. The van der Waals surface area contributed by atoms with Crippen molar-refractivity contribution in [3.63, 3.8) is 0 Å². The lowest BCUT2D eigenvalue weighted by Gasteiger charge is -2.09. The van der Waals surface area contributed by atoms with Gasteiger partial charge in [0.1, 0.15) is 0 Å². The molecule has 1 heterocycles. The molecule has 0 bridgehead atoms. The van der Waals surface area contributed by atoms with Crippen LogP contribution >= 0.6 is 27.5 Å². The van der Waals surface area contributed by atoms with Crippen molar-refractivity contribution in [2.24, 2.45) is 0 Å². The van der Waals surface area contributed by atoms with E-state index in [1.165, 1.54) is 0 Å². The van der Waals surface area contributed by atoms with Gasteiger partial charge in [-0.1, -0.05) is 17.7 Å². The molecule has 2 N–H and O–H groups in total. The van der Waals surface area contributed by atoms with Crippen molar-refractivity contribution in [2.75, 3.05) is 5.73 Å². The highest BCUT2D eigenvalue weighted by atomic mass is 79.9. The summed E-state index contributed by atoms with van der Waals surface area (Å²) in [5.74, 6) is 0.543. The zero-order valence-corrected chi connectivity index (χ0v) is 13.4. The highest BCUT2D eigenvalue weighted by molar-refractivity contribution is 9.10. The molecule has 0 saturated carbocycles. The number of halogens is 2. The molecular formula is C14H11BrClN5. The number of hydrogen-bond donors (Lipinski definition) is 1. The minimum absolute atomic E-state index is 0.543. The van der Waals surface area contributed by atoms with Crippen molar-refractivity contribution < 1.29 is 0 Å². The second-order valence-electron chi connectivity index (χ2n) is 4.60. The molecule has 0 atom stereocenters. The summed E-state index contributed by atoms with van der Waals surface area (Å²) in [7, 11) is 0. The van der Waals surface area contributed by atoms with E-state index in [-0.39, 0.29) is 0 Å². The van der Waals surface area contributed by atoms with E-state index in [0.29, 0.717) is 22.1 Å². The smallest absolute Gasteiger partial charge is 0.189 e. The number of nitrogens with two attached hydrogens (primary N) is 1. The van der Waals surface area contributed by atoms with Gasteiger partial charge >= 0.3 is 0 Å². The number of aromatic nitrogens is 4. The second-order valence-corrected chi connectivity index (χ2v) is 5.89. The molecule has 0 aliphatic rings. The summed E-state index contributed by atoms with van der Waals surface area (Å²) in [6.07, 6.45) is 0. The number of nitrogens with zero attached hydrogens (tertiary/aromatic N) is 4. The average Bonchev–Trinajstić information content (AvgIpc) is 2.93. The maximum absolute atomic E-state index is 6.05. The molecule has 0 unspecified atom stereocenters. The van der Waals surface area contributed by atoms with Gasteiger partial charge < -0.3 is 5.73 Å². The zero-order valence-electron chi connectivity index (χ0n) is 11.1. The van der Waals surface area contributed by atoms with Gasteiger partial charge in [0.2, 0.25) is 0 Å². The summed E-state index contributed by atoms with van der Waals surface area (Å²) < 4.78 is 2.53. The minimum Gasteiger partial charge on any atom is -0.398 e. The Labute approximate surface area is 134 Å². The maximum Gasteiger partial charge on any atom is 0.189 e. The van der Waals surface area contributed by atoms with Gasteiger partial charge in [-0.15, -0.1) is 5.10 Å². The monoisotopic (exact) mass is 363 g/mol. The molecule has 21 heavy (non-hydrogen) atoms. The third kappa shape index (κ3) is 2.64. The lowest BCUT2D eigenvalue weighted by molar-refractivity contribution is 0.788. The van der Waals surface area contributed by atoms with E-state index < -0.39 is 0 Å². The van der Waals surface area contributed by atoms with Crippen LogP contribution in [0.15, 0.2) is 40.9 Å². The zero-order chi connectivity index (χ0) is 15.0. The highest BCUT2D eigenvalue weighted by Gasteiger charge is 2.15. The molecule has 0 aliphatic heterocycles. The van der Waals surface area contributed by atoms with E-state index in [4.69, 9.17) is 17.3 Å². The largest absolute Gasteiger partial charge is 0.398 e. The van der Waals surface area contributed by atoms with E-state index in [1.54, 1.807) is 22.9 Å². The number of anilines is 1. The van der Waals surface area contributed by atoms with Gasteiger partial charge in [0.25, 0.3) is 0 Å². The van der Waals surface area contributed by atoms with Crippen molar-refractivity contribution in [1.29, 1.82) is 0 Å². The Morgan fingerprint density at radius 1 is 1.19 bits per heavy atom. The lowest BCUT2D eigenvalue weighted by atomic mass is 10.1. The molecule has 3 aromatic rings. The fourth-order valence-electron chi connectivity index (χ4n) is 2.02. The molecule has 0 aliphatic carbocycles. The Bertz CT molecular complexity index is 749. The Kier molecular flexibility index (Phi) is 3.65. The number of hydrogen-bond acceptors (Lipinski definition) is 4. The molecular weight excluding hydrogens is 354 g/mol. The van der Waals surface area contributed by atoms with Gasteiger partial charge in [-0.3, -0.25) is 0 Å². The van der Waals surface area contributed by atoms with Crippen LogP contribution in [0.3, 0.4) is 0 Å². The first-order valence-corrected chi connectivity index (χ1v) is 7.33. The van der Waals surface area contributed by atoms with Gasteiger partial charge in [-0.25, -0.2) is 0 Å². The summed E-state index contributed by atoms with van der Waals surface area (Å²) >= 11 is 9.56. The van der Waals surface area contributed by atoms with Crippen molar-refractivity contribution >= 4 is 33.2 Å². The quantitative estimate of drug-likeness (QED) is 0.705. The van der Waals surface area contributed by atoms with Crippen molar-refractivity contribution in [1.82, 2.24) is 20.2 Å². The number of tetrazole rings is 1. The molecule has 106 valence electrons. The van der Waals surface area contributed by atoms with Crippen LogP contribution in [0, 0.1) is 6.92 Å². The SMILES string of the molecule is Cc1ccc(Br)c(-n2nnnc2-c2cc(Cl)ccc2N)c1. The standard InChI is InChI=1S/C14H11BrClN5/c1-8-2-4-11(15)13(6-8)21-14(18-19-20-21)10-7-9(16)3-5-12(10)17/h2-7H,17H2,1H3. The van der Waals surface area contributed by atoms with Crippen molar-refractivity contribution in [3.05, 3.63) is 51.5 Å². The third-order valence-electron chi connectivity index (χ3n) is 3.06. The first kappa shape index (κ1) is 14.0. The normalized spacial score (nSPS) is 10.8. The molecule has 0 fully saturated rings. The predicted octanol–water partition coefficient (Wildman–Crippen LogP) is 3.64. The number of benzene rings is 2. The molecule has 1 aromatic heterocycles. The fraction of sp³-hybridized carbons (Fsp3) is 0.0714. The summed E-state index contributed by atoms with van der Waals surface area (Å²) in [5.41, 5.74) is 9.23. The van der Waals surface area contributed by atoms with E-state index in [1.807, 2.05) is 25.1 Å². The van der Waals surface area contributed by atoms with E-state index in [0.717, 1.165) is 15.7 Å². The van der Waals surface area contributed by atoms with Crippen LogP contribution in [0.2, 0.25) is 5.02 Å². The predicted molar refractivity (Wildman–Crippen MR) is 86.4 cm³/mol. The molecule has 0 saturated heterocycles. The molecule has 7 heteroatoms. The van der Waals surface area contributed by atoms with Crippen LogP contribution in [-0.2, 0) is 0 Å². The molecule has 0 radical (unpaired) electrons. The highest BCUT2D eigenvalue weighted by Crippen LogP contribution is 2.30. The third-order valence-corrected chi connectivity index (χ3v) is 3.96. The van der Waals surface area contributed by atoms with E-state index in [9.17, 15) is 0 Å². The van der Waals surface area contributed by atoms with Gasteiger partial charge in [0.15, 0.2) is 5.82 Å². The van der Waals surface area contributed by atoms with Gasteiger partial charge in [0, 0.05) is 20.7 Å². The first-order chi connectivity index (χ1) is 10.1. The summed E-state index contributed by atoms with van der Waals surface area (Å²) in [6, 6.07) is 11.2. The first-order valence-electron chi connectivity index (χ1n) is 6.16. The number of aryl methyl sites for hydroxylation is 1. The van der Waals surface area contributed by atoms with Crippen LogP contribution < -0.4 is 5.73 Å². The van der Waals surface area contributed by atoms with Crippen LogP contribution in [0.4, 0.5) is 5.69 Å². The molecule has 0 amide bonds. The topological polar surface area (TPSA) is 69.6 Å². The fourth-order valence-corrected chi connectivity index (χ4v) is 2.61. The summed E-state index contributed by atoms with van der Waals surface area (Å²) in [4.78, 5) is 0. The van der Waals surface area contributed by atoms with Crippen LogP contribution in [0.5, 0.6) is 0 Å². The summed E-state index contributed by atoms with van der Waals surface area (Å²) in [5, 5.41) is 12.5. The second kappa shape index (κ2) is 5.46. The van der Waals surface area contributed by atoms with E-state index in [2.05, 4.69) is 31.5 Å². The average molecular weight is 365 g/mol. The Morgan fingerprint density at radius 2 is 2.00 bits per heavy atom. The van der Waals surface area contributed by atoms with Gasteiger partial charge in [0.05, 0.1) is 5.69 Å². The van der Waals surface area contributed by atoms with Crippen LogP contribution in [-0.4, -0.2) is 20.2 Å². The van der Waals surface area contributed by atoms with Crippen molar-refractivity contribution in [3.8, 4) is 17.1 Å². The lowest BCUT2D eigenvalue weighted by Crippen LogP contribution is -2.03. The molecule has 2 aromatic carbocycles. The number of rotatable bonds is 2. The van der Waals surface area contributed by atoms with Crippen LogP contribution in [0.25, 0.3) is 17.1 Å². The minimum atomic E-state index is 0.543. The number of nitrogen functional groups attached to an aromatic ring is 1. The Morgan fingerprint density at radius 3 is 2.81 bits per heavy atom. The molecule has 0 spiro atoms. The van der Waals surface area contributed by atoms with E-state index >= 15 is 0 Å². The van der Waals surface area contributed by atoms with Gasteiger partial charge in [-0.05, 0) is 69.2 Å². The van der Waals surface area contributed by atoms with Gasteiger partial charge in [-0.2, -0.15) is 4.68 Å². The Hall–Kier alpha value is -1.92. The van der Waals surface area contributed by atoms with Crippen LogP contribution in [0.1, 0.15) is 5.56 Å². The van der Waals surface area contributed by atoms with Crippen molar-refractivity contribution in [2.45, 2.75) is 6.92 Å². The Balaban J connectivity index is 2.22. The summed E-state index contributed by atoms with van der Waals surface area (Å²) in [6.45, 7) is 2.01.